The first-order valence-corrected chi connectivity index (χ1v) is 4.43. The molecule has 0 aliphatic rings. The Balaban J connectivity index is 2.95. The van der Waals surface area contributed by atoms with Gasteiger partial charge in [-0.15, -0.1) is 0 Å². The second-order valence-electron chi connectivity index (χ2n) is 2.91. The third-order valence-electron chi connectivity index (χ3n) is 1.90. The molecule has 0 aromatic heterocycles. The van der Waals surface area contributed by atoms with Crippen LogP contribution in [0.15, 0.2) is 0 Å². The Bertz CT molecular complexity index is 93.6. The lowest BCUT2D eigenvalue weighted by Gasteiger charge is -2.12. The minimum Gasteiger partial charge on any atom is -0.307 e. The van der Waals surface area contributed by atoms with Gasteiger partial charge in [-0.1, -0.05) is 13.3 Å². The van der Waals surface area contributed by atoms with Gasteiger partial charge in [0.15, 0.2) is 0 Å². The predicted octanol–water partition coefficient (Wildman–Crippen LogP) is 1.70. The Kier molecular flexibility index (Phi) is 7.47. The molecule has 0 amide bonds. The van der Waals surface area contributed by atoms with Crippen LogP contribution < -0.4 is 0 Å². The molecule has 2 heteroatoms. The van der Waals surface area contributed by atoms with Crippen molar-refractivity contribution in [2.75, 3.05) is 20.1 Å². The average molecular weight is 157 g/mol. The molecule has 0 rings (SSSR count). The van der Waals surface area contributed by atoms with Crippen LogP contribution in [0, 0.1) is 0 Å². The number of hydrogen-bond acceptors (Lipinski definition) is 2. The molecule has 0 atom stereocenters. The summed E-state index contributed by atoms with van der Waals surface area (Å²) in [6.45, 7) is 4.44. The minimum absolute atomic E-state index is 0.732. The zero-order valence-electron chi connectivity index (χ0n) is 7.68. The summed E-state index contributed by atoms with van der Waals surface area (Å²) in [4.78, 5) is 12.2. The molecule has 0 bridgehead atoms. The number of rotatable bonds is 7. The third kappa shape index (κ3) is 7.53. The SMILES string of the molecule is CCN(C)CCCCCC=O. The van der Waals surface area contributed by atoms with Crippen LogP contribution in [-0.4, -0.2) is 31.3 Å². The van der Waals surface area contributed by atoms with E-state index in [2.05, 4.69) is 18.9 Å². The lowest BCUT2D eigenvalue weighted by atomic mass is 10.2. The summed E-state index contributed by atoms with van der Waals surface area (Å²) < 4.78 is 0. The number of carbonyl (C=O) groups is 1. The largest absolute Gasteiger partial charge is 0.307 e. The normalized spacial score (nSPS) is 10.5. The quantitative estimate of drug-likeness (QED) is 0.414. The molecule has 0 spiro atoms. The fourth-order valence-corrected chi connectivity index (χ4v) is 0.944. The standard InChI is InChI=1S/C9H19NO/c1-3-10(2)8-6-4-5-7-9-11/h9H,3-8H2,1-2H3. The molecular formula is C9H19NO. The van der Waals surface area contributed by atoms with Gasteiger partial charge in [0.05, 0.1) is 0 Å². The molecule has 11 heavy (non-hydrogen) atoms. The lowest BCUT2D eigenvalue weighted by Crippen LogP contribution is -2.18. The van der Waals surface area contributed by atoms with Crippen LogP contribution in [0.1, 0.15) is 32.6 Å². The van der Waals surface area contributed by atoms with Crippen LogP contribution in [0.4, 0.5) is 0 Å². The van der Waals surface area contributed by atoms with Gasteiger partial charge in [-0.05, 0) is 33.0 Å². The number of unbranched alkanes of at least 4 members (excludes halogenated alkanes) is 3. The molecule has 2 nitrogen and oxygen atoms in total. The molecule has 0 radical (unpaired) electrons. The molecule has 0 aliphatic heterocycles. The molecule has 0 aliphatic carbocycles. The monoisotopic (exact) mass is 157 g/mol. The predicted molar refractivity (Wildman–Crippen MR) is 47.7 cm³/mol. The number of hydrogen-bond donors (Lipinski definition) is 0. The topological polar surface area (TPSA) is 20.3 Å². The Hall–Kier alpha value is -0.370. The van der Waals surface area contributed by atoms with Gasteiger partial charge < -0.3 is 9.69 Å². The molecule has 0 saturated heterocycles. The van der Waals surface area contributed by atoms with Gasteiger partial charge in [0.1, 0.15) is 6.29 Å². The number of aldehydes is 1. The van der Waals surface area contributed by atoms with E-state index in [4.69, 9.17) is 0 Å². The van der Waals surface area contributed by atoms with Crippen LogP contribution in [0.3, 0.4) is 0 Å². The zero-order valence-corrected chi connectivity index (χ0v) is 7.68. The molecule has 0 heterocycles. The van der Waals surface area contributed by atoms with Gasteiger partial charge >= 0.3 is 0 Å². The first kappa shape index (κ1) is 10.6. The molecule has 0 aromatic rings. The average Bonchev–Trinajstić information content (AvgIpc) is 2.04. The highest BCUT2D eigenvalue weighted by molar-refractivity contribution is 5.48. The van der Waals surface area contributed by atoms with Gasteiger partial charge in [0.25, 0.3) is 0 Å². The van der Waals surface area contributed by atoms with Crippen LogP contribution in [0.2, 0.25) is 0 Å². The molecule has 0 saturated carbocycles. The van der Waals surface area contributed by atoms with Crippen molar-refractivity contribution in [3.8, 4) is 0 Å². The molecule has 0 N–H and O–H groups in total. The summed E-state index contributed by atoms with van der Waals surface area (Å²) in [5, 5.41) is 0. The van der Waals surface area contributed by atoms with Crippen LogP contribution in [0.25, 0.3) is 0 Å². The van der Waals surface area contributed by atoms with Crippen molar-refractivity contribution in [1.82, 2.24) is 4.90 Å². The molecule has 0 fully saturated rings. The van der Waals surface area contributed by atoms with Crippen molar-refractivity contribution < 1.29 is 4.79 Å². The lowest BCUT2D eigenvalue weighted by molar-refractivity contribution is -0.107. The highest BCUT2D eigenvalue weighted by Crippen LogP contribution is 1.98. The van der Waals surface area contributed by atoms with E-state index in [1.807, 2.05) is 0 Å². The summed E-state index contributed by atoms with van der Waals surface area (Å²) in [7, 11) is 2.12. The molecule has 0 unspecified atom stereocenters. The Labute approximate surface area is 69.6 Å². The van der Waals surface area contributed by atoms with E-state index in [9.17, 15) is 4.79 Å². The molecule has 66 valence electrons. The van der Waals surface area contributed by atoms with E-state index < -0.39 is 0 Å². The van der Waals surface area contributed by atoms with Crippen molar-refractivity contribution in [2.24, 2.45) is 0 Å². The summed E-state index contributed by atoms with van der Waals surface area (Å²) in [6, 6.07) is 0. The van der Waals surface area contributed by atoms with Crippen molar-refractivity contribution in [3.05, 3.63) is 0 Å². The maximum atomic E-state index is 9.95. The van der Waals surface area contributed by atoms with Crippen LogP contribution >= 0.6 is 0 Å². The first-order valence-electron chi connectivity index (χ1n) is 4.43. The van der Waals surface area contributed by atoms with Gasteiger partial charge in [-0.2, -0.15) is 0 Å². The van der Waals surface area contributed by atoms with Crippen molar-refractivity contribution >= 4 is 6.29 Å². The van der Waals surface area contributed by atoms with Crippen molar-refractivity contribution in [3.63, 3.8) is 0 Å². The zero-order chi connectivity index (χ0) is 8.53. The molecule has 0 aromatic carbocycles. The summed E-state index contributed by atoms with van der Waals surface area (Å²) >= 11 is 0. The Morgan fingerprint density at radius 1 is 1.27 bits per heavy atom. The van der Waals surface area contributed by atoms with Crippen LogP contribution in [0.5, 0.6) is 0 Å². The highest BCUT2D eigenvalue weighted by Gasteiger charge is 1.93. The summed E-state index contributed by atoms with van der Waals surface area (Å²) in [5.41, 5.74) is 0. The van der Waals surface area contributed by atoms with E-state index >= 15 is 0 Å². The third-order valence-corrected chi connectivity index (χ3v) is 1.90. The highest BCUT2D eigenvalue weighted by atomic mass is 16.1. The summed E-state index contributed by atoms with van der Waals surface area (Å²) in [5.74, 6) is 0. The van der Waals surface area contributed by atoms with Crippen LogP contribution in [-0.2, 0) is 4.79 Å². The fraction of sp³-hybridized carbons (Fsp3) is 0.889. The maximum Gasteiger partial charge on any atom is 0.119 e. The van der Waals surface area contributed by atoms with Gasteiger partial charge in [-0.3, -0.25) is 0 Å². The second kappa shape index (κ2) is 7.73. The maximum absolute atomic E-state index is 9.95. The van der Waals surface area contributed by atoms with Gasteiger partial charge in [0.2, 0.25) is 0 Å². The van der Waals surface area contributed by atoms with E-state index in [0.717, 1.165) is 32.2 Å². The summed E-state index contributed by atoms with van der Waals surface area (Å²) in [6.07, 6.45) is 5.20. The minimum atomic E-state index is 0.732. The smallest absolute Gasteiger partial charge is 0.119 e. The van der Waals surface area contributed by atoms with Crippen molar-refractivity contribution in [1.29, 1.82) is 0 Å². The fourth-order valence-electron chi connectivity index (χ4n) is 0.944. The van der Waals surface area contributed by atoms with Gasteiger partial charge in [0, 0.05) is 6.42 Å². The first-order chi connectivity index (χ1) is 5.31. The van der Waals surface area contributed by atoms with E-state index in [1.54, 1.807) is 0 Å². The number of nitrogens with zero attached hydrogens (tertiary/aromatic N) is 1. The Morgan fingerprint density at radius 2 is 2.00 bits per heavy atom. The second-order valence-corrected chi connectivity index (χ2v) is 2.91. The van der Waals surface area contributed by atoms with E-state index in [-0.39, 0.29) is 0 Å². The Morgan fingerprint density at radius 3 is 2.55 bits per heavy atom. The van der Waals surface area contributed by atoms with Gasteiger partial charge in [-0.25, -0.2) is 0 Å². The molecular weight excluding hydrogens is 138 g/mol. The van der Waals surface area contributed by atoms with E-state index in [0.29, 0.717) is 0 Å². The van der Waals surface area contributed by atoms with Crippen molar-refractivity contribution in [2.45, 2.75) is 32.6 Å². The van der Waals surface area contributed by atoms with E-state index in [1.165, 1.54) is 12.8 Å². The number of carbonyl (C=O) groups excluding carboxylic acids is 1.